The lowest BCUT2D eigenvalue weighted by atomic mass is 10.0. The Bertz CT molecular complexity index is 644. The van der Waals surface area contributed by atoms with Crippen molar-refractivity contribution in [2.75, 3.05) is 6.54 Å². The lowest BCUT2D eigenvalue weighted by molar-refractivity contribution is 0.192. The van der Waals surface area contributed by atoms with Crippen LogP contribution in [0.4, 0.5) is 4.79 Å². The second-order valence-electron chi connectivity index (χ2n) is 4.93. The van der Waals surface area contributed by atoms with Crippen LogP contribution < -0.4 is 5.32 Å². The van der Waals surface area contributed by atoms with Gasteiger partial charge < -0.3 is 10.2 Å². The summed E-state index contributed by atoms with van der Waals surface area (Å²) in [6.45, 7) is 1.79. The third kappa shape index (κ3) is 3.39. The van der Waals surface area contributed by atoms with Gasteiger partial charge in [0, 0.05) is 13.1 Å². The lowest BCUT2D eigenvalue weighted by Gasteiger charge is -2.28. The Morgan fingerprint density at radius 3 is 2.81 bits per heavy atom. The molecule has 3 rings (SSSR count). The van der Waals surface area contributed by atoms with Crippen molar-refractivity contribution in [3.8, 4) is 0 Å². The molecule has 0 bridgehead atoms. The van der Waals surface area contributed by atoms with Crippen molar-refractivity contribution in [1.29, 1.82) is 0 Å². The SMILES string of the molecule is O=C(NCc1cnc(Br)cn1)N1CCc2ccccc2C1. The van der Waals surface area contributed by atoms with E-state index in [-0.39, 0.29) is 6.03 Å². The molecule has 0 saturated carbocycles. The summed E-state index contributed by atoms with van der Waals surface area (Å²) in [7, 11) is 0. The van der Waals surface area contributed by atoms with Crippen molar-refractivity contribution >= 4 is 22.0 Å². The Kier molecular flexibility index (Phi) is 4.15. The van der Waals surface area contributed by atoms with Gasteiger partial charge in [-0.15, -0.1) is 0 Å². The minimum atomic E-state index is -0.0609. The molecule has 0 fully saturated rings. The lowest BCUT2D eigenvalue weighted by Crippen LogP contribution is -2.42. The highest BCUT2D eigenvalue weighted by Gasteiger charge is 2.19. The van der Waals surface area contributed by atoms with Crippen LogP contribution in [0.2, 0.25) is 0 Å². The normalized spacial score (nSPS) is 13.7. The molecule has 2 aromatic rings. The molecule has 0 aliphatic carbocycles. The minimum absolute atomic E-state index is 0.0609. The van der Waals surface area contributed by atoms with E-state index in [2.05, 4.69) is 43.3 Å². The molecule has 0 atom stereocenters. The summed E-state index contributed by atoms with van der Waals surface area (Å²) in [5.41, 5.74) is 3.30. The van der Waals surface area contributed by atoms with Crippen molar-refractivity contribution in [3.63, 3.8) is 0 Å². The van der Waals surface area contributed by atoms with Gasteiger partial charge in [-0.25, -0.2) is 9.78 Å². The van der Waals surface area contributed by atoms with Crippen LogP contribution in [0.3, 0.4) is 0 Å². The number of benzene rings is 1. The van der Waals surface area contributed by atoms with Crippen molar-refractivity contribution in [2.45, 2.75) is 19.5 Å². The van der Waals surface area contributed by atoms with Crippen molar-refractivity contribution < 1.29 is 4.79 Å². The molecule has 1 aliphatic heterocycles. The maximum absolute atomic E-state index is 12.2. The van der Waals surface area contributed by atoms with Gasteiger partial charge in [-0.3, -0.25) is 4.98 Å². The number of halogens is 1. The van der Waals surface area contributed by atoms with Gasteiger partial charge in [0.2, 0.25) is 0 Å². The number of nitrogens with zero attached hydrogens (tertiary/aromatic N) is 3. The van der Waals surface area contributed by atoms with E-state index in [1.807, 2.05) is 17.0 Å². The van der Waals surface area contributed by atoms with Crippen LogP contribution in [0.1, 0.15) is 16.8 Å². The smallest absolute Gasteiger partial charge is 0.318 e. The van der Waals surface area contributed by atoms with Gasteiger partial charge in [-0.1, -0.05) is 24.3 Å². The standard InChI is InChI=1S/C15H15BrN4O/c16-14-9-17-13(7-18-14)8-19-15(21)20-6-5-11-3-1-2-4-12(11)10-20/h1-4,7,9H,5-6,8,10H2,(H,19,21). The predicted octanol–water partition coefficient (Wildman–Crippen LogP) is 2.51. The number of carbonyl (C=O) groups excluding carboxylic acids is 1. The average Bonchev–Trinajstić information content (AvgIpc) is 2.53. The number of hydrogen-bond acceptors (Lipinski definition) is 3. The van der Waals surface area contributed by atoms with Gasteiger partial charge in [0.05, 0.1) is 24.6 Å². The molecule has 1 aromatic carbocycles. The first-order chi connectivity index (χ1) is 10.2. The van der Waals surface area contributed by atoms with Gasteiger partial charge in [-0.05, 0) is 33.5 Å². The highest BCUT2D eigenvalue weighted by atomic mass is 79.9. The first kappa shape index (κ1) is 14.0. The highest BCUT2D eigenvalue weighted by molar-refractivity contribution is 9.10. The second kappa shape index (κ2) is 6.22. The Morgan fingerprint density at radius 1 is 1.24 bits per heavy atom. The molecule has 1 aliphatic rings. The summed E-state index contributed by atoms with van der Waals surface area (Å²) < 4.78 is 0.685. The molecule has 2 amide bonds. The number of nitrogens with one attached hydrogen (secondary N) is 1. The summed E-state index contributed by atoms with van der Waals surface area (Å²) in [6.07, 6.45) is 4.18. The number of carbonyl (C=O) groups is 1. The molecule has 1 aromatic heterocycles. The van der Waals surface area contributed by atoms with Crippen LogP contribution in [0.25, 0.3) is 0 Å². The van der Waals surface area contributed by atoms with Crippen LogP contribution in [0.15, 0.2) is 41.3 Å². The maximum atomic E-state index is 12.2. The van der Waals surface area contributed by atoms with Gasteiger partial charge in [0.15, 0.2) is 0 Å². The zero-order chi connectivity index (χ0) is 14.7. The molecule has 0 spiro atoms. The van der Waals surface area contributed by atoms with Crippen LogP contribution >= 0.6 is 15.9 Å². The van der Waals surface area contributed by atoms with E-state index in [1.54, 1.807) is 12.4 Å². The fourth-order valence-corrected chi connectivity index (χ4v) is 2.58. The topological polar surface area (TPSA) is 58.1 Å². The zero-order valence-corrected chi connectivity index (χ0v) is 13.0. The van der Waals surface area contributed by atoms with E-state index in [4.69, 9.17) is 0 Å². The quantitative estimate of drug-likeness (QED) is 0.908. The van der Waals surface area contributed by atoms with Crippen molar-refractivity contribution in [2.24, 2.45) is 0 Å². The molecular formula is C15H15BrN4O. The van der Waals surface area contributed by atoms with E-state index in [0.29, 0.717) is 17.7 Å². The van der Waals surface area contributed by atoms with E-state index in [0.717, 1.165) is 18.7 Å². The molecule has 0 saturated heterocycles. The molecule has 108 valence electrons. The minimum Gasteiger partial charge on any atom is -0.332 e. The maximum Gasteiger partial charge on any atom is 0.318 e. The van der Waals surface area contributed by atoms with Crippen molar-refractivity contribution in [1.82, 2.24) is 20.2 Å². The third-order valence-electron chi connectivity index (χ3n) is 3.51. The Labute approximate surface area is 131 Å². The summed E-state index contributed by atoms with van der Waals surface area (Å²) in [5, 5.41) is 2.89. The molecule has 0 radical (unpaired) electrons. The average molecular weight is 347 g/mol. The third-order valence-corrected chi connectivity index (χ3v) is 3.92. The van der Waals surface area contributed by atoms with Crippen molar-refractivity contribution in [3.05, 3.63) is 58.1 Å². The molecule has 21 heavy (non-hydrogen) atoms. The molecular weight excluding hydrogens is 332 g/mol. The summed E-state index contributed by atoms with van der Waals surface area (Å²) in [6, 6.07) is 8.20. The van der Waals surface area contributed by atoms with E-state index in [1.165, 1.54) is 11.1 Å². The number of urea groups is 1. The van der Waals surface area contributed by atoms with E-state index < -0.39 is 0 Å². The number of rotatable bonds is 2. The number of fused-ring (bicyclic) bond motifs is 1. The molecule has 2 heterocycles. The summed E-state index contributed by atoms with van der Waals surface area (Å²) >= 11 is 3.23. The molecule has 0 unspecified atom stereocenters. The summed E-state index contributed by atoms with van der Waals surface area (Å²) in [5.74, 6) is 0. The van der Waals surface area contributed by atoms with Gasteiger partial charge in [0.25, 0.3) is 0 Å². The summed E-state index contributed by atoms with van der Waals surface area (Å²) in [4.78, 5) is 22.3. The fraction of sp³-hybridized carbons (Fsp3) is 0.267. The number of amides is 2. The molecule has 5 nitrogen and oxygen atoms in total. The zero-order valence-electron chi connectivity index (χ0n) is 11.4. The monoisotopic (exact) mass is 346 g/mol. The van der Waals surface area contributed by atoms with Crippen LogP contribution in [0, 0.1) is 0 Å². The molecule has 1 N–H and O–H groups in total. The first-order valence-electron chi connectivity index (χ1n) is 6.78. The first-order valence-corrected chi connectivity index (χ1v) is 7.57. The Balaban J connectivity index is 1.58. The van der Waals surface area contributed by atoms with Gasteiger partial charge in [-0.2, -0.15) is 0 Å². The number of aromatic nitrogens is 2. The van der Waals surface area contributed by atoms with Crippen LogP contribution in [-0.2, 0) is 19.5 Å². The van der Waals surface area contributed by atoms with E-state index in [9.17, 15) is 4.79 Å². The van der Waals surface area contributed by atoms with Crippen LogP contribution in [0.5, 0.6) is 0 Å². The second-order valence-corrected chi connectivity index (χ2v) is 5.74. The molecule has 6 heteroatoms. The largest absolute Gasteiger partial charge is 0.332 e. The van der Waals surface area contributed by atoms with E-state index >= 15 is 0 Å². The van der Waals surface area contributed by atoms with Crippen LogP contribution in [-0.4, -0.2) is 27.4 Å². The van der Waals surface area contributed by atoms with Gasteiger partial charge >= 0.3 is 6.03 Å². The highest BCUT2D eigenvalue weighted by Crippen LogP contribution is 2.18. The Morgan fingerprint density at radius 2 is 2.05 bits per heavy atom. The van der Waals surface area contributed by atoms with Gasteiger partial charge in [0.1, 0.15) is 4.60 Å². The fourth-order valence-electron chi connectivity index (χ4n) is 2.38. The number of hydrogen-bond donors (Lipinski definition) is 1. The Hall–Kier alpha value is -1.95. The predicted molar refractivity (Wildman–Crippen MR) is 82.5 cm³/mol.